The van der Waals surface area contributed by atoms with Crippen molar-refractivity contribution in [3.63, 3.8) is 0 Å². The number of ether oxygens (including phenoxy) is 1. The molecule has 21 heavy (non-hydrogen) atoms. The number of benzene rings is 1. The lowest BCUT2D eigenvalue weighted by molar-refractivity contribution is -0.0226. The van der Waals surface area contributed by atoms with Gasteiger partial charge >= 0.3 is 0 Å². The molecule has 1 aromatic carbocycles. The van der Waals surface area contributed by atoms with Gasteiger partial charge in [0.25, 0.3) is 0 Å². The van der Waals surface area contributed by atoms with Crippen LogP contribution in [0.2, 0.25) is 0 Å². The zero-order valence-electron chi connectivity index (χ0n) is 13.1. The van der Waals surface area contributed by atoms with Gasteiger partial charge in [-0.3, -0.25) is 0 Å². The van der Waals surface area contributed by atoms with E-state index in [1.165, 1.54) is 37.7 Å². The molecule has 0 aromatic heterocycles. The first-order valence-corrected chi connectivity index (χ1v) is 8.48. The lowest BCUT2D eigenvalue weighted by Gasteiger charge is -2.50. The fourth-order valence-corrected chi connectivity index (χ4v) is 5.66. The summed E-state index contributed by atoms with van der Waals surface area (Å²) in [7, 11) is 1.75. The molecule has 3 aliphatic rings. The average Bonchev–Trinajstić information content (AvgIpc) is 2.82. The molecular formula is C19H26O2. The summed E-state index contributed by atoms with van der Waals surface area (Å²) in [5, 5.41) is 10.4. The molecule has 4 rings (SSSR count). The molecule has 0 radical (unpaired) electrons. The highest BCUT2D eigenvalue weighted by Crippen LogP contribution is 2.60. The standard InChI is InChI=1S/C19H26O2/c1-19-10-9-15-14-6-4-13(21-2)11-12(14)3-5-16(15)17(19)7-8-18(19)20/h4,6,11,15-18,20H,3,5,7-10H2,1-2H3/t15-,16-,17-,18+,19-/m1/s1. The molecule has 0 amide bonds. The van der Waals surface area contributed by atoms with E-state index in [0.29, 0.717) is 5.92 Å². The minimum absolute atomic E-state index is 0.0688. The molecule has 0 aliphatic heterocycles. The number of hydrogen-bond donors (Lipinski definition) is 1. The molecular weight excluding hydrogens is 260 g/mol. The van der Waals surface area contributed by atoms with Crippen molar-refractivity contribution in [1.82, 2.24) is 0 Å². The van der Waals surface area contributed by atoms with E-state index in [0.717, 1.165) is 24.0 Å². The molecule has 2 heteroatoms. The first kappa shape index (κ1) is 13.6. The third kappa shape index (κ3) is 1.88. The molecule has 1 N–H and O–H groups in total. The molecule has 1 aromatic rings. The van der Waals surface area contributed by atoms with Crippen molar-refractivity contribution < 1.29 is 9.84 Å². The summed E-state index contributed by atoms with van der Waals surface area (Å²) in [5.41, 5.74) is 3.25. The minimum Gasteiger partial charge on any atom is -0.497 e. The van der Waals surface area contributed by atoms with Crippen molar-refractivity contribution in [3.8, 4) is 5.75 Å². The molecule has 0 saturated heterocycles. The summed E-state index contributed by atoms with van der Waals surface area (Å²) in [5.74, 6) is 3.20. The van der Waals surface area contributed by atoms with E-state index in [1.54, 1.807) is 12.7 Å². The van der Waals surface area contributed by atoms with Gasteiger partial charge in [-0.25, -0.2) is 0 Å². The van der Waals surface area contributed by atoms with Gasteiger partial charge in [0.15, 0.2) is 0 Å². The Balaban J connectivity index is 1.68. The lowest BCUT2D eigenvalue weighted by Crippen LogP contribution is -2.43. The molecule has 0 spiro atoms. The van der Waals surface area contributed by atoms with Crippen LogP contribution in [0.1, 0.15) is 56.1 Å². The number of fused-ring (bicyclic) bond motifs is 5. The molecule has 2 nitrogen and oxygen atoms in total. The smallest absolute Gasteiger partial charge is 0.119 e. The second kappa shape index (κ2) is 4.74. The molecule has 114 valence electrons. The summed E-state index contributed by atoms with van der Waals surface area (Å²) in [6, 6.07) is 6.67. The van der Waals surface area contributed by atoms with Gasteiger partial charge < -0.3 is 9.84 Å². The van der Waals surface area contributed by atoms with E-state index < -0.39 is 0 Å². The topological polar surface area (TPSA) is 29.5 Å². The molecule has 2 saturated carbocycles. The highest BCUT2D eigenvalue weighted by molar-refractivity contribution is 5.40. The zero-order valence-corrected chi connectivity index (χ0v) is 13.1. The predicted octanol–water partition coefficient (Wildman–Crippen LogP) is 3.91. The van der Waals surface area contributed by atoms with E-state index in [9.17, 15) is 5.11 Å². The van der Waals surface area contributed by atoms with Crippen LogP contribution < -0.4 is 4.74 Å². The van der Waals surface area contributed by atoms with Crippen LogP contribution in [0.15, 0.2) is 18.2 Å². The Kier molecular flexibility index (Phi) is 3.08. The van der Waals surface area contributed by atoms with Crippen LogP contribution in [0.4, 0.5) is 0 Å². The summed E-state index contributed by atoms with van der Waals surface area (Å²) < 4.78 is 5.38. The van der Waals surface area contributed by atoms with Crippen molar-refractivity contribution in [2.24, 2.45) is 17.3 Å². The van der Waals surface area contributed by atoms with Gasteiger partial charge in [0.05, 0.1) is 13.2 Å². The van der Waals surface area contributed by atoms with E-state index in [-0.39, 0.29) is 11.5 Å². The number of aliphatic hydroxyl groups is 1. The first-order chi connectivity index (χ1) is 10.1. The maximum Gasteiger partial charge on any atom is 0.119 e. The molecule has 5 atom stereocenters. The Morgan fingerprint density at radius 1 is 1.19 bits per heavy atom. The van der Waals surface area contributed by atoms with Crippen molar-refractivity contribution in [3.05, 3.63) is 29.3 Å². The van der Waals surface area contributed by atoms with Crippen LogP contribution >= 0.6 is 0 Å². The predicted molar refractivity (Wildman–Crippen MR) is 83.6 cm³/mol. The van der Waals surface area contributed by atoms with Gasteiger partial charge in [0.2, 0.25) is 0 Å². The molecule has 0 unspecified atom stereocenters. The van der Waals surface area contributed by atoms with Crippen LogP contribution in [-0.2, 0) is 6.42 Å². The Hall–Kier alpha value is -1.02. The average molecular weight is 286 g/mol. The Bertz CT molecular complexity index is 552. The van der Waals surface area contributed by atoms with Gasteiger partial charge in [-0.2, -0.15) is 0 Å². The number of methoxy groups -OCH3 is 1. The molecule has 3 aliphatic carbocycles. The second-order valence-electron chi connectivity index (χ2n) is 7.62. The maximum atomic E-state index is 10.4. The minimum atomic E-state index is -0.0688. The summed E-state index contributed by atoms with van der Waals surface area (Å²) in [6.45, 7) is 2.34. The normalized spacial score (nSPS) is 41.1. The SMILES string of the molecule is COc1ccc2c(c1)CC[C@@H]1[C@@H]2CC[C@]2(C)[C@@H]1CC[C@@H]2O. The zero-order chi connectivity index (χ0) is 14.6. The quantitative estimate of drug-likeness (QED) is 0.848. The number of hydrogen-bond acceptors (Lipinski definition) is 2. The van der Waals surface area contributed by atoms with Gasteiger partial charge in [-0.1, -0.05) is 13.0 Å². The van der Waals surface area contributed by atoms with Gasteiger partial charge in [0, 0.05) is 0 Å². The third-order valence-electron chi connectivity index (χ3n) is 6.88. The monoisotopic (exact) mass is 286 g/mol. The van der Waals surface area contributed by atoms with Crippen LogP contribution in [0.3, 0.4) is 0 Å². The Labute approximate surface area is 127 Å². The number of aliphatic hydroxyl groups excluding tert-OH is 1. The van der Waals surface area contributed by atoms with Crippen molar-refractivity contribution in [2.45, 2.75) is 57.5 Å². The van der Waals surface area contributed by atoms with Gasteiger partial charge in [-0.15, -0.1) is 0 Å². The van der Waals surface area contributed by atoms with Crippen LogP contribution in [0, 0.1) is 17.3 Å². The van der Waals surface area contributed by atoms with E-state index in [1.807, 2.05) is 0 Å². The Morgan fingerprint density at radius 3 is 2.86 bits per heavy atom. The van der Waals surface area contributed by atoms with Gasteiger partial charge in [0.1, 0.15) is 5.75 Å². The second-order valence-corrected chi connectivity index (χ2v) is 7.62. The first-order valence-electron chi connectivity index (χ1n) is 8.48. The van der Waals surface area contributed by atoms with Crippen LogP contribution in [-0.4, -0.2) is 18.3 Å². The van der Waals surface area contributed by atoms with E-state index >= 15 is 0 Å². The third-order valence-corrected chi connectivity index (χ3v) is 6.88. The highest BCUT2D eigenvalue weighted by Gasteiger charge is 2.54. The van der Waals surface area contributed by atoms with Crippen LogP contribution in [0.5, 0.6) is 5.75 Å². The number of rotatable bonds is 1. The summed E-state index contributed by atoms with van der Waals surface area (Å²) in [4.78, 5) is 0. The lowest BCUT2D eigenvalue weighted by atomic mass is 9.55. The molecule has 0 bridgehead atoms. The molecule has 0 heterocycles. The summed E-state index contributed by atoms with van der Waals surface area (Å²) in [6.07, 6.45) is 7.07. The van der Waals surface area contributed by atoms with Gasteiger partial charge in [-0.05, 0) is 85.0 Å². The van der Waals surface area contributed by atoms with Crippen molar-refractivity contribution in [1.29, 1.82) is 0 Å². The van der Waals surface area contributed by atoms with E-state index in [4.69, 9.17) is 4.74 Å². The Morgan fingerprint density at radius 2 is 2.05 bits per heavy atom. The molecule has 2 fully saturated rings. The fourth-order valence-electron chi connectivity index (χ4n) is 5.66. The largest absolute Gasteiger partial charge is 0.497 e. The number of aryl methyl sites for hydroxylation is 1. The maximum absolute atomic E-state index is 10.4. The van der Waals surface area contributed by atoms with Crippen molar-refractivity contribution >= 4 is 0 Å². The van der Waals surface area contributed by atoms with E-state index in [2.05, 4.69) is 25.1 Å². The summed E-state index contributed by atoms with van der Waals surface area (Å²) >= 11 is 0. The highest BCUT2D eigenvalue weighted by atomic mass is 16.5. The van der Waals surface area contributed by atoms with Crippen LogP contribution in [0.25, 0.3) is 0 Å². The fraction of sp³-hybridized carbons (Fsp3) is 0.684. The van der Waals surface area contributed by atoms with Crippen molar-refractivity contribution in [2.75, 3.05) is 7.11 Å².